The van der Waals surface area contributed by atoms with Crippen molar-refractivity contribution in [2.45, 2.75) is 26.3 Å². The number of nitrogens with zero attached hydrogens (tertiary/aromatic N) is 1. The number of carbonyl (C=O) groups is 1. The largest absolute Gasteiger partial charge is 0.465 e. The molecule has 0 fully saturated rings. The predicted octanol–water partition coefficient (Wildman–Crippen LogP) is 3.62. The van der Waals surface area contributed by atoms with Crippen LogP contribution in [-0.2, 0) is 0 Å². The maximum atomic E-state index is 11.1. The molecule has 1 rings (SSSR count). The summed E-state index contributed by atoms with van der Waals surface area (Å²) in [4.78, 5) is 12.4. The van der Waals surface area contributed by atoms with Crippen molar-refractivity contribution in [3.8, 4) is 0 Å². The molecule has 1 atom stereocenters. The van der Waals surface area contributed by atoms with Gasteiger partial charge in [0.25, 0.3) is 0 Å². The molecule has 3 nitrogen and oxygen atoms in total. The summed E-state index contributed by atoms with van der Waals surface area (Å²) in [7, 11) is 0. The van der Waals surface area contributed by atoms with Gasteiger partial charge in [-0.2, -0.15) is 0 Å². The zero-order chi connectivity index (χ0) is 11.4. The molecule has 0 aromatic heterocycles. The number of anilines is 1. The van der Waals surface area contributed by atoms with Gasteiger partial charge in [0, 0.05) is 16.8 Å². The van der Waals surface area contributed by atoms with Gasteiger partial charge in [-0.25, -0.2) is 4.79 Å². The smallest absolute Gasteiger partial charge is 0.412 e. The Balaban J connectivity index is 3.04. The zero-order valence-corrected chi connectivity index (χ0v) is 9.53. The third-order valence-corrected chi connectivity index (χ3v) is 2.56. The topological polar surface area (TPSA) is 40.5 Å². The van der Waals surface area contributed by atoms with E-state index in [1.54, 1.807) is 24.3 Å². The van der Waals surface area contributed by atoms with Crippen LogP contribution in [0.4, 0.5) is 10.5 Å². The van der Waals surface area contributed by atoms with Crippen LogP contribution in [0.3, 0.4) is 0 Å². The molecule has 1 unspecified atom stereocenters. The van der Waals surface area contributed by atoms with Gasteiger partial charge in [-0.3, -0.25) is 4.90 Å². The number of halogens is 1. The average Bonchev–Trinajstić information content (AvgIpc) is 2.17. The maximum Gasteiger partial charge on any atom is 0.412 e. The Morgan fingerprint density at radius 3 is 2.73 bits per heavy atom. The quantitative estimate of drug-likeness (QED) is 0.857. The van der Waals surface area contributed by atoms with E-state index in [4.69, 9.17) is 16.7 Å². The van der Waals surface area contributed by atoms with Gasteiger partial charge in [0.1, 0.15) is 0 Å². The Morgan fingerprint density at radius 2 is 2.27 bits per heavy atom. The molecule has 0 saturated heterocycles. The summed E-state index contributed by atoms with van der Waals surface area (Å²) in [5, 5.41) is 9.65. The van der Waals surface area contributed by atoms with E-state index in [2.05, 4.69) is 0 Å². The molecule has 0 aliphatic rings. The molecule has 1 aromatic rings. The number of rotatable bonds is 3. The molecule has 0 saturated carbocycles. The second-order valence-electron chi connectivity index (χ2n) is 3.39. The minimum atomic E-state index is -0.952. The maximum absolute atomic E-state index is 11.1. The third kappa shape index (κ3) is 2.86. The van der Waals surface area contributed by atoms with Crippen molar-refractivity contribution in [3.05, 3.63) is 29.3 Å². The van der Waals surface area contributed by atoms with Crippen LogP contribution in [0.15, 0.2) is 24.3 Å². The molecule has 0 radical (unpaired) electrons. The molecular weight excluding hydrogens is 214 g/mol. The highest BCUT2D eigenvalue weighted by Crippen LogP contribution is 2.22. The van der Waals surface area contributed by atoms with Crippen molar-refractivity contribution in [2.75, 3.05) is 4.90 Å². The van der Waals surface area contributed by atoms with Gasteiger partial charge in [-0.05, 0) is 31.5 Å². The van der Waals surface area contributed by atoms with Crippen molar-refractivity contribution in [3.63, 3.8) is 0 Å². The zero-order valence-electron chi connectivity index (χ0n) is 8.77. The monoisotopic (exact) mass is 227 g/mol. The van der Waals surface area contributed by atoms with Gasteiger partial charge in [0.2, 0.25) is 0 Å². The molecule has 1 aromatic carbocycles. The highest BCUT2D eigenvalue weighted by atomic mass is 35.5. The Kier molecular flexibility index (Phi) is 3.97. The van der Waals surface area contributed by atoms with Gasteiger partial charge in [0.15, 0.2) is 0 Å². The van der Waals surface area contributed by atoms with Crippen LogP contribution in [0.5, 0.6) is 0 Å². The first kappa shape index (κ1) is 11.9. The van der Waals surface area contributed by atoms with E-state index in [0.717, 1.165) is 6.42 Å². The molecule has 82 valence electrons. The molecule has 0 heterocycles. The predicted molar refractivity (Wildman–Crippen MR) is 61.7 cm³/mol. The second-order valence-corrected chi connectivity index (χ2v) is 3.83. The Morgan fingerprint density at radius 1 is 1.60 bits per heavy atom. The molecule has 0 aliphatic carbocycles. The van der Waals surface area contributed by atoms with E-state index in [1.165, 1.54) is 4.90 Å². The Labute approximate surface area is 94.3 Å². The lowest BCUT2D eigenvalue weighted by Crippen LogP contribution is -2.37. The Bertz CT molecular complexity index is 354. The summed E-state index contributed by atoms with van der Waals surface area (Å²) in [5.41, 5.74) is 0.615. The first-order chi connectivity index (χ1) is 7.06. The molecule has 1 amide bonds. The molecule has 0 bridgehead atoms. The van der Waals surface area contributed by atoms with Crippen molar-refractivity contribution in [1.29, 1.82) is 0 Å². The third-order valence-electron chi connectivity index (χ3n) is 2.32. The van der Waals surface area contributed by atoms with E-state index in [0.29, 0.717) is 10.7 Å². The molecule has 15 heavy (non-hydrogen) atoms. The lowest BCUT2D eigenvalue weighted by Gasteiger charge is -2.25. The average molecular weight is 228 g/mol. The Hall–Kier alpha value is -1.22. The molecule has 1 N–H and O–H groups in total. The van der Waals surface area contributed by atoms with Crippen LogP contribution in [0, 0.1) is 0 Å². The molecule has 0 spiro atoms. The van der Waals surface area contributed by atoms with Crippen molar-refractivity contribution in [1.82, 2.24) is 0 Å². The van der Waals surface area contributed by atoms with E-state index in [9.17, 15) is 4.79 Å². The number of hydrogen-bond donors (Lipinski definition) is 1. The van der Waals surface area contributed by atoms with Crippen LogP contribution in [0.1, 0.15) is 20.3 Å². The summed E-state index contributed by atoms with van der Waals surface area (Å²) < 4.78 is 0. The number of benzene rings is 1. The van der Waals surface area contributed by atoms with Gasteiger partial charge in [-0.1, -0.05) is 24.6 Å². The van der Waals surface area contributed by atoms with Gasteiger partial charge < -0.3 is 5.11 Å². The summed E-state index contributed by atoms with van der Waals surface area (Å²) in [5.74, 6) is 0. The van der Waals surface area contributed by atoms with Crippen molar-refractivity contribution < 1.29 is 9.90 Å². The summed E-state index contributed by atoms with van der Waals surface area (Å²) in [6.07, 6.45) is -0.189. The van der Waals surface area contributed by atoms with Crippen LogP contribution >= 0.6 is 11.6 Å². The lowest BCUT2D eigenvalue weighted by molar-refractivity contribution is 0.199. The van der Waals surface area contributed by atoms with Crippen LogP contribution in [0.25, 0.3) is 0 Å². The van der Waals surface area contributed by atoms with Crippen molar-refractivity contribution >= 4 is 23.4 Å². The fraction of sp³-hybridized carbons (Fsp3) is 0.364. The van der Waals surface area contributed by atoms with Gasteiger partial charge in [0.05, 0.1) is 0 Å². The molecular formula is C11H14ClNO2. The van der Waals surface area contributed by atoms with E-state index in [1.807, 2.05) is 13.8 Å². The minimum absolute atomic E-state index is 0.0547. The summed E-state index contributed by atoms with van der Waals surface area (Å²) in [6.45, 7) is 3.82. The van der Waals surface area contributed by atoms with E-state index >= 15 is 0 Å². The fourth-order valence-corrected chi connectivity index (χ4v) is 1.55. The number of carboxylic acid groups (broad SMARTS) is 1. The highest BCUT2D eigenvalue weighted by Gasteiger charge is 2.19. The summed E-state index contributed by atoms with van der Waals surface area (Å²) in [6, 6.07) is 6.81. The van der Waals surface area contributed by atoms with Gasteiger partial charge in [-0.15, -0.1) is 0 Å². The van der Waals surface area contributed by atoms with Crippen LogP contribution in [-0.4, -0.2) is 17.2 Å². The molecule has 4 heteroatoms. The standard InChI is InChI=1S/C11H14ClNO2/c1-3-8(2)13(11(14)15)10-6-4-5-9(12)7-10/h4-8H,3H2,1-2H3,(H,14,15). The first-order valence-electron chi connectivity index (χ1n) is 4.84. The van der Waals surface area contributed by atoms with Crippen LogP contribution < -0.4 is 4.90 Å². The molecule has 0 aliphatic heterocycles. The summed E-state index contributed by atoms with van der Waals surface area (Å²) >= 11 is 5.82. The fourth-order valence-electron chi connectivity index (χ4n) is 1.36. The number of hydrogen-bond acceptors (Lipinski definition) is 1. The van der Waals surface area contributed by atoms with Crippen LogP contribution in [0.2, 0.25) is 5.02 Å². The van der Waals surface area contributed by atoms with Gasteiger partial charge >= 0.3 is 6.09 Å². The second kappa shape index (κ2) is 5.03. The normalized spacial score (nSPS) is 12.2. The SMILES string of the molecule is CCC(C)N(C(=O)O)c1cccc(Cl)c1. The van der Waals surface area contributed by atoms with Crippen molar-refractivity contribution in [2.24, 2.45) is 0 Å². The van der Waals surface area contributed by atoms with E-state index < -0.39 is 6.09 Å². The first-order valence-corrected chi connectivity index (χ1v) is 5.21. The van der Waals surface area contributed by atoms with E-state index in [-0.39, 0.29) is 6.04 Å². The minimum Gasteiger partial charge on any atom is -0.465 e. The lowest BCUT2D eigenvalue weighted by atomic mass is 10.2. The highest BCUT2D eigenvalue weighted by molar-refractivity contribution is 6.30. The number of amides is 1.